The van der Waals surface area contributed by atoms with Crippen LogP contribution in [-0.2, 0) is 24.1 Å². The SMILES string of the molecule is O=C(N[C@@H](C(=O)Cc1cccc(Cl)c1)c1ccccc1)c1n[nH]c2c1CCCCCC2. The molecule has 0 bridgehead atoms. The monoisotopic (exact) mass is 435 g/mol. The number of carbonyl (C=O) groups is 2. The molecule has 1 amide bonds. The van der Waals surface area contributed by atoms with Gasteiger partial charge in [0, 0.05) is 22.7 Å². The van der Waals surface area contributed by atoms with Crippen molar-refractivity contribution >= 4 is 23.3 Å². The lowest BCUT2D eigenvalue weighted by molar-refractivity contribution is -0.120. The third-order valence-corrected chi connectivity index (χ3v) is 6.00. The summed E-state index contributed by atoms with van der Waals surface area (Å²) in [7, 11) is 0. The van der Waals surface area contributed by atoms with E-state index in [1.807, 2.05) is 42.5 Å². The van der Waals surface area contributed by atoms with Crippen LogP contribution >= 0.6 is 11.6 Å². The molecule has 0 fully saturated rings. The molecule has 1 aliphatic carbocycles. The van der Waals surface area contributed by atoms with Crippen LogP contribution in [-0.4, -0.2) is 21.9 Å². The minimum absolute atomic E-state index is 0.0970. The third-order valence-electron chi connectivity index (χ3n) is 5.77. The van der Waals surface area contributed by atoms with Crippen molar-refractivity contribution in [1.29, 1.82) is 0 Å². The maximum Gasteiger partial charge on any atom is 0.272 e. The molecule has 3 aromatic rings. The van der Waals surface area contributed by atoms with Gasteiger partial charge in [-0.25, -0.2) is 0 Å². The van der Waals surface area contributed by atoms with E-state index < -0.39 is 6.04 Å². The van der Waals surface area contributed by atoms with Gasteiger partial charge < -0.3 is 5.32 Å². The van der Waals surface area contributed by atoms with Crippen molar-refractivity contribution in [3.05, 3.63) is 87.7 Å². The van der Waals surface area contributed by atoms with Crippen LogP contribution in [0.5, 0.6) is 0 Å². The van der Waals surface area contributed by atoms with Crippen molar-refractivity contribution in [2.75, 3.05) is 0 Å². The number of nitrogens with zero attached hydrogens (tertiary/aromatic N) is 1. The molecule has 160 valence electrons. The summed E-state index contributed by atoms with van der Waals surface area (Å²) in [5.74, 6) is -0.411. The van der Waals surface area contributed by atoms with Crippen molar-refractivity contribution in [2.24, 2.45) is 0 Å². The second kappa shape index (κ2) is 9.92. The van der Waals surface area contributed by atoms with E-state index in [1.54, 1.807) is 12.1 Å². The molecular weight excluding hydrogens is 410 g/mol. The van der Waals surface area contributed by atoms with Gasteiger partial charge in [-0.05, 0) is 48.9 Å². The number of carbonyl (C=O) groups excluding carboxylic acids is 2. The van der Waals surface area contributed by atoms with Crippen molar-refractivity contribution in [3.8, 4) is 0 Å². The molecule has 0 saturated carbocycles. The molecule has 0 radical (unpaired) electrons. The molecule has 1 atom stereocenters. The molecule has 0 unspecified atom stereocenters. The summed E-state index contributed by atoms with van der Waals surface area (Å²) in [6, 6.07) is 15.8. The van der Waals surface area contributed by atoms with E-state index >= 15 is 0 Å². The Bertz CT molecular complexity index is 1060. The summed E-state index contributed by atoms with van der Waals surface area (Å²) in [4.78, 5) is 26.4. The number of halogens is 1. The molecule has 2 aromatic carbocycles. The lowest BCUT2D eigenvalue weighted by Crippen LogP contribution is -2.35. The van der Waals surface area contributed by atoms with Crippen LogP contribution in [0, 0.1) is 0 Å². The van der Waals surface area contributed by atoms with Gasteiger partial charge >= 0.3 is 0 Å². The van der Waals surface area contributed by atoms with Gasteiger partial charge in [0.05, 0.1) is 0 Å². The number of Topliss-reactive ketones (excluding diaryl/α,β-unsaturated/α-hetero) is 1. The summed E-state index contributed by atoms with van der Waals surface area (Å²) in [5.41, 5.74) is 4.02. The number of fused-ring (bicyclic) bond motifs is 1. The highest BCUT2D eigenvalue weighted by atomic mass is 35.5. The second-order valence-corrected chi connectivity index (χ2v) is 8.47. The molecule has 0 saturated heterocycles. The van der Waals surface area contributed by atoms with Gasteiger partial charge in [0.15, 0.2) is 11.5 Å². The highest BCUT2D eigenvalue weighted by Gasteiger charge is 2.27. The number of hydrogen-bond donors (Lipinski definition) is 2. The third kappa shape index (κ3) is 5.23. The summed E-state index contributed by atoms with van der Waals surface area (Å²) < 4.78 is 0. The fraction of sp³-hybridized carbons (Fsp3) is 0.320. The van der Waals surface area contributed by atoms with E-state index in [0.29, 0.717) is 10.7 Å². The molecule has 1 heterocycles. The first kappa shape index (κ1) is 21.3. The number of aromatic nitrogens is 2. The minimum atomic E-state index is -0.756. The number of aromatic amines is 1. The highest BCUT2D eigenvalue weighted by molar-refractivity contribution is 6.30. The minimum Gasteiger partial charge on any atom is -0.337 e. The van der Waals surface area contributed by atoms with Gasteiger partial charge in [0.25, 0.3) is 5.91 Å². The van der Waals surface area contributed by atoms with Crippen molar-refractivity contribution in [2.45, 2.75) is 51.0 Å². The Hall–Kier alpha value is -2.92. The second-order valence-electron chi connectivity index (χ2n) is 8.03. The number of hydrogen-bond acceptors (Lipinski definition) is 3. The maximum atomic E-state index is 13.2. The molecule has 5 nitrogen and oxygen atoms in total. The highest BCUT2D eigenvalue weighted by Crippen LogP contribution is 2.23. The van der Waals surface area contributed by atoms with Crippen molar-refractivity contribution in [1.82, 2.24) is 15.5 Å². The van der Waals surface area contributed by atoms with E-state index in [4.69, 9.17) is 11.6 Å². The lowest BCUT2D eigenvalue weighted by Gasteiger charge is -2.18. The van der Waals surface area contributed by atoms with Crippen LogP contribution in [0.15, 0.2) is 54.6 Å². The fourth-order valence-electron chi connectivity index (χ4n) is 4.17. The summed E-state index contributed by atoms with van der Waals surface area (Å²) >= 11 is 6.08. The molecular formula is C25H26ClN3O2. The van der Waals surface area contributed by atoms with Gasteiger partial charge in [-0.1, -0.05) is 66.9 Å². The molecule has 4 rings (SSSR count). The first-order valence-corrected chi connectivity index (χ1v) is 11.2. The van der Waals surface area contributed by atoms with Crippen LogP contribution in [0.4, 0.5) is 0 Å². The Balaban J connectivity index is 1.58. The van der Waals surface area contributed by atoms with E-state index in [2.05, 4.69) is 15.5 Å². The summed E-state index contributed by atoms with van der Waals surface area (Å²) in [6.07, 6.45) is 6.43. The quantitative estimate of drug-likeness (QED) is 0.571. The number of nitrogens with one attached hydrogen (secondary N) is 2. The normalized spacial score (nSPS) is 14.7. The number of ketones is 1. The Kier molecular flexibility index (Phi) is 6.82. The maximum absolute atomic E-state index is 13.2. The van der Waals surface area contributed by atoms with Crippen LogP contribution in [0.3, 0.4) is 0 Å². The number of H-pyrrole nitrogens is 1. The molecule has 0 spiro atoms. The lowest BCUT2D eigenvalue weighted by atomic mass is 9.95. The zero-order chi connectivity index (χ0) is 21.6. The van der Waals surface area contributed by atoms with Gasteiger partial charge in [-0.15, -0.1) is 0 Å². The number of amides is 1. The molecule has 1 aliphatic rings. The van der Waals surface area contributed by atoms with Gasteiger partial charge in [-0.3, -0.25) is 14.7 Å². The predicted molar refractivity (Wildman–Crippen MR) is 121 cm³/mol. The topological polar surface area (TPSA) is 74.8 Å². The van der Waals surface area contributed by atoms with E-state index in [9.17, 15) is 9.59 Å². The van der Waals surface area contributed by atoms with Crippen molar-refractivity contribution < 1.29 is 9.59 Å². The number of rotatable bonds is 6. The smallest absolute Gasteiger partial charge is 0.272 e. The zero-order valence-electron chi connectivity index (χ0n) is 17.4. The Morgan fingerprint density at radius 3 is 2.55 bits per heavy atom. The van der Waals surface area contributed by atoms with E-state index in [-0.39, 0.29) is 18.1 Å². The molecule has 1 aromatic heterocycles. The Morgan fingerprint density at radius 1 is 1.00 bits per heavy atom. The van der Waals surface area contributed by atoms with Gasteiger partial charge in [0.2, 0.25) is 0 Å². The average molecular weight is 436 g/mol. The predicted octanol–water partition coefficient (Wildman–Crippen LogP) is 5.01. The van der Waals surface area contributed by atoms with Crippen molar-refractivity contribution in [3.63, 3.8) is 0 Å². The van der Waals surface area contributed by atoms with Gasteiger partial charge in [-0.2, -0.15) is 5.10 Å². The number of aryl methyl sites for hydroxylation is 1. The summed E-state index contributed by atoms with van der Waals surface area (Å²) in [6.45, 7) is 0. The molecule has 6 heteroatoms. The van der Waals surface area contributed by atoms with E-state index in [0.717, 1.165) is 54.5 Å². The molecule has 2 N–H and O–H groups in total. The van der Waals surface area contributed by atoms with Crippen LogP contribution < -0.4 is 5.32 Å². The van der Waals surface area contributed by atoms with Gasteiger partial charge in [0.1, 0.15) is 6.04 Å². The summed E-state index contributed by atoms with van der Waals surface area (Å²) in [5, 5.41) is 10.9. The average Bonchev–Trinajstić information content (AvgIpc) is 3.14. The van der Waals surface area contributed by atoms with Crippen LogP contribution in [0.1, 0.15) is 64.6 Å². The van der Waals surface area contributed by atoms with Crippen LogP contribution in [0.25, 0.3) is 0 Å². The first-order valence-electron chi connectivity index (χ1n) is 10.8. The number of benzene rings is 2. The van der Waals surface area contributed by atoms with E-state index in [1.165, 1.54) is 6.42 Å². The first-order chi connectivity index (χ1) is 15.1. The fourth-order valence-corrected chi connectivity index (χ4v) is 4.38. The molecule has 31 heavy (non-hydrogen) atoms. The van der Waals surface area contributed by atoms with Crippen LogP contribution in [0.2, 0.25) is 5.02 Å². The Morgan fingerprint density at radius 2 is 1.77 bits per heavy atom. The largest absolute Gasteiger partial charge is 0.337 e. The molecule has 0 aliphatic heterocycles. The zero-order valence-corrected chi connectivity index (χ0v) is 18.1. The Labute approximate surface area is 187 Å². The standard InChI is InChI=1S/C25H26ClN3O2/c26-19-12-8-9-17(15-19)16-22(30)23(18-10-4-3-5-11-18)27-25(31)24-20-13-6-1-2-7-14-21(20)28-29-24/h3-5,8-12,15,23H,1-2,6-7,13-14,16H2,(H,27,31)(H,28,29)/t23-/m1/s1.